The standard InChI is InChI=1S/C13H16F3N3O2/c14-13(15,16)11-5-9(1-2-10(11)12(17)18-21)19-4-3-8(6-19)7-20/h1-2,5,8,20-21H,3-4,6-7H2,(H2,17,18). The van der Waals surface area contributed by atoms with Crippen LogP contribution in [0.3, 0.4) is 0 Å². The normalized spacial score (nSPS) is 20.1. The molecule has 1 fully saturated rings. The molecule has 8 heteroatoms. The van der Waals surface area contributed by atoms with Gasteiger partial charge in [-0.2, -0.15) is 13.2 Å². The van der Waals surface area contributed by atoms with Crippen molar-refractivity contribution in [3.63, 3.8) is 0 Å². The van der Waals surface area contributed by atoms with Gasteiger partial charge in [-0.15, -0.1) is 0 Å². The molecule has 2 rings (SSSR count). The van der Waals surface area contributed by atoms with E-state index in [2.05, 4.69) is 5.16 Å². The summed E-state index contributed by atoms with van der Waals surface area (Å²) in [7, 11) is 0. The maximum absolute atomic E-state index is 13.1. The molecule has 0 bridgehead atoms. The zero-order valence-corrected chi connectivity index (χ0v) is 11.1. The summed E-state index contributed by atoms with van der Waals surface area (Å²) in [6.45, 7) is 1.12. The number of oxime groups is 1. The largest absolute Gasteiger partial charge is 0.417 e. The lowest BCUT2D eigenvalue weighted by atomic mass is 10.0. The molecular formula is C13H16F3N3O2. The Morgan fingerprint density at radius 2 is 2.14 bits per heavy atom. The van der Waals surface area contributed by atoms with Crippen molar-refractivity contribution in [1.29, 1.82) is 0 Å². The summed E-state index contributed by atoms with van der Waals surface area (Å²) < 4.78 is 39.3. The molecule has 4 N–H and O–H groups in total. The van der Waals surface area contributed by atoms with Crippen LogP contribution in [-0.2, 0) is 6.18 Å². The van der Waals surface area contributed by atoms with Crippen LogP contribution in [0.5, 0.6) is 0 Å². The fourth-order valence-electron chi connectivity index (χ4n) is 2.46. The van der Waals surface area contributed by atoms with Gasteiger partial charge in [-0.05, 0) is 24.6 Å². The molecule has 0 amide bonds. The highest BCUT2D eigenvalue weighted by molar-refractivity contribution is 5.99. The highest BCUT2D eigenvalue weighted by Gasteiger charge is 2.35. The average Bonchev–Trinajstić information content (AvgIpc) is 2.93. The summed E-state index contributed by atoms with van der Waals surface area (Å²) in [5, 5.41) is 20.3. The van der Waals surface area contributed by atoms with Gasteiger partial charge in [-0.1, -0.05) is 5.16 Å². The molecular weight excluding hydrogens is 287 g/mol. The topological polar surface area (TPSA) is 82.1 Å². The molecule has 0 aliphatic carbocycles. The molecule has 1 aliphatic heterocycles. The number of amidine groups is 1. The first-order valence-electron chi connectivity index (χ1n) is 6.41. The Bertz CT molecular complexity index is 546. The molecule has 1 saturated heterocycles. The van der Waals surface area contributed by atoms with Crippen molar-refractivity contribution in [3.05, 3.63) is 29.3 Å². The molecule has 1 heterocycles. The van der Waals surface area contributed by atoms with E-state index < -0.39 is 17.6 Å². The second kappa shape index (κ2) is 5.80. The second-order valence-electron chi connectivity index (χ2n) is 5.00. The van der Waals surface area contributed by atoms with Crippen LogP contribution in [0.25, 0.3) is 0 Å². The van der Waals surface area contributed by atoms with E-state index in [1.54, 1.807) is 4.90 Å². The third-order valence-electron chi connectivity index (χ3n) is 3.60. The highest BCUT2D eigenvalue weighted by atomic mass is 19.4. The summed E-state index contributed by atoms with van der Waals surface area (Å²) >= 11 is 0. The van der Waals surface area contributed by atoms with Gasteiger partial charge in [-0.25, -0.2) is 0 Å². The van der Waals surface area contributed by atoms with E-state index in [-0.39, 0.29) is 18.1 Å². The molecule has 0 radical (unpaired) electrons. The summed E-state index contributed by atoms with van der Waals surface area (Å²) in [4.78, 5) is 1.78. The third kappa shape index (κ3) is 3.21. The quantitative estimate of drug-likeness (QED) is 0.343. The molecule has 1 aromatic carbocycles. The fraction of sp³-hybridized carbons (Fsp3) is 0.462. The van der Waals surface area contributed by atoms with Crippen LogP contribution in [-0.4, -0.2) is 35.8 Å². The smallest absolute Gasteiger partial charge is 0.409 e. The number of benzene rings is 1. The third-order valence-corrected chi connectivity index (χ3v) is 3.60. The van der Waals surface area contributed by atoms with Crippen molar-refractivity contribution in [3.8, 4) is 0 Å². The predicted molar refractivity (Wildman–Crippen MR) is 71.4 cm³/mol. The number of hydrogen-bond donors (Lipinski definition) is 3. The molecule has 1 aromatic rings. The first-order chi connectivity index (χ1) is 9.86. The summed E-state index contributed by atoms with van der Waals surface area (Å²) in [6, 6.07) is 3.69. The average molecular weight is 303 g/mol. The predicted octanol–water partition coefficient (Wildman–Crippen LogP) is 1.62. The minimum Gasteiger partial charge on any atom is -0.409 e. The molecule has 1 unspecified atom stereocenters. The van der Waals surface area contributed by atoms with E-state index in [9.17, 15) is 13.2 Å². The number of hydrogen-bond acceptors (Lipinski definition) is 4. The lowest BCUT2D eigenvalue weighted by Gasteiger charge is -2.21. The van der Waals surface area contributed by atoms with E-state index in [4.69, 9.17) is 16.0 Å². The zero-order valence-electron chi connectivity index (χ0n) is 11.1. The number of alkyl halides is 3. The van der Waals surface area contributed by atoms with Crippen LogP contribution < -0.4 is 10.6 Å². The Morgan fingerprint density at radius 1 is 1.43 bits per heavy atom. The SMILES string of the molecule is N/C(=N/O)c1ccc(N2CCC(CO)C2)cc1C(F)(F)F. The number of halogens is 3. The summed E-state index contributed by atoms with van der Waals surface area (Å²) in [5.74, 6) is -0.508. The monoisotopic (exact) mass is 303 g/mol. The summed E-state index contributed by atoms with van der Waals surface area (Å²) in [6.07, 6.45) is -3.86. The Hall–Kier alpha value is -1.96. The maximum atomic E-state index is 13.1. The highest BCUT2D eigenvalue weighted by Crippen LogP contribution is 2.35. The van der Waals surface area contributed by atoms with Gasteiger partial charge in [-0.3, -0.25) is 0 Å². The van der Waals surface area contributed by atoms with Crippen molar-refractivity contribution >= 4 is 11.5 Å². The first-order valence-corrected chi connectivity index (χ1v) is 6.41. The van der Waals surface area contributed by atoms with Crippen molar-refractivity contribution in [1.82, 2.24) is 0 Å². The van der Waals surface area contributed by atoms with Gasteiger partial charge in [0.05, 0.1) is 5.56 Å². The van der Waals surface area contributed by atoms with Gasteiger partial charge >= 0.3 is 6.18 Å². The number of nitrogens with two attached hydrogens (primary N) is 1. The van der Waals surface area contributed by atoms with E-state index in [0.717, 1.165) is 12.5 Å². The zero-order chi connectivity index (χ0) is 15.6. The molecule has 0 saturated carbocycles. The number of nitrogens with zero attached hydrogens (tertiary/aromatic N) is 2. The fourth-order valence-corrected chi connectivity index (χ4v) is 2.46. The maximum Gasteiger partial charge on any atom is 0.417 e. The van der Waals surface area contributed by atoms with Gasteiger partial charge in [0.25, 0.3) is 0 Å². The number of aliphatic hydroxyl groups is 1. The van der Waals surface area contributed by atoms with Crippen LogP contribution in [0.15, 0.2) is 23.4 Å². The minimum absolute atomic E-state index is 0.0187. The van der Waals surface area contributed by atoms with Gasteiger partial charge in [0, 0.05) is 36.9 Å². The molecule has 1 atom stereocenters. The molecule has 0 aromatic heterocycles. The Balaban J connectivity index is 2.39. The van der Waals surface area contributed by atoms with E-state index in [1.165, 1.54) is 12.1 Å². The number of rotatable bonds is 3. The molecule has 116 valence electrons. The van der Waals surface area contributed by atoms with Crippen LogP contribution in [0, 0.1) is 5.92 Å². The number of anilines is 1. The number of aliphatic hydroxyl groups excluding tert-OH is 1. The minimum atomic E-state index is -4.60. The van der Waals surface area contributed by atoms with Crippen molar-refractivity contribution in [2.45, 2.75) is 12.6 Å². The molecule has 0 spiro atoms. The second-order valence-corrected chi connectivity index (χ2v) is 5.00. The van der Waals surface area contributed by atoms with Gasteiger partial charge in [0.15, 0.2) is 5.84 Å². The van der Waals surface area contributed by atoms with E-state index in [0.29, 0.717) is 18.8 Å². The van der Waals surface area contributed by atoms with Gasteiger partial charge in [0.1, 0.15) is 0 Å². The lowest BCUT2D eigenvalue weighted by molar-refractivity contribution is -0.137. The van der Waals surface area contributed by atoms with E-state index >= 15 is 0 Å². The van der Waals surface area contributed by atoms with E-state index in [1.807, 2.05) is 0 Å². The Labute approximate surface area is 119 Å². The molecule has 5 nitrogen and oxygen atoms in total. The Morgan fingerprint density at radius 3 is 2.67 bits per heavy atom. The van der Waals surface area contributed by atoms with Gasteiger partial charge < -0.3 is 20.9 Å². The first kappa shape index (κ1) is 15.4. The molecule has 21 heavy (non-hydrogen) atoms. The van der Waals surface area contributed by atoms with Crippen molar-refractivity contribution in [2.24, 2.45) is 16.8 Å². The van der Waals surface area contributed by atoms with Crippen LogP contribution in [0.1, 0.15) is 17.5 Å². The van der Waals surface area contributed by atoms with Crippen LogP contribution >= 0.6 is 0 Å². The van der Waals surface area contributed by atoms with Crippen LogP contribution in [0.2, 0.25) is 0 Å². The summed E-state index contributed by atoms with van der Waals surface area (Å²) in [5.41, 5.74) is 4.41. The molecule has 1 aliphatic rings. The lowest BCUT2D eigenvalue weighted by Crippen LogP contribution is -2.24. The van der Waals surface area contributed by atoms with Gasteiger partial charge in [0.2, 0.25) is 0 Å². The van der Waals surface area contributed by atoms with Crippen molar-refractivity contribution < 1.29 is 23.5 Å². The van der Waals surface area contributed by atoms with Crippen molar-refractivity contribution in [2.75, 3.05) is 24.6 Å². The van der Waals surface area contributed by atoms with Crippen LogP contribution in [0.4, 0.5) is 18.9 Å². The Kier molecular flexibility index (Phi) is 4.26.